The van der Waals surface area contributed by atoms with Crippen molar-refractivity contribution < 1.29 is 9.53 Å². The summed E-state index contributed by atoms with van der Waals surface area (Å²) in [4.78, 5) is 14.0. The number of para-hydroxylation sites is 1. The molecule has 1 aliphatic heterocycles. The van der Waals surface area contributed by atoms with Crippen molar-refractivity contribution in [1.29, 1.82) is 0 Å². The number of fused-ring (bicyclic) bond motifs is 1. The van der Waals surface area contributed by atoms with Gasteiger partial charge in [-0.2, -0.15) is 0 Å². The molecule has 0 aliphatic carbocycles. The fourth-order valence-corrected chi connectivity index (χ4v) is 2.18. The molecule has 1 heterocycles. The second-order valence-electron chi connectivity index (χ2n) is 4.61. The molecule has 0 saturated heterocycles. The Labute approximate surface area is 108 Å². The number of ether oxygens (including phenoxy) is 1. The molecule has 0 unspecified atom stereocenters. The van der Waals surface area contributed by atoms with Crippen molar-refractivity contribution in [2.24, 2.45) is 5.73 Å². The highest BCUT2D eigenvalue weighted by atomic mass is 16.5. The van der Waals surface area contributed by atoms with Crippen LogP contribution in [0, 0.1) is 0 Å². The zero-order valence-electron chi connectivity index (χ0n) is 10.8. The molecule has 1 amide bonds. The molecule has 18 heavy (non-hydrogen) atoms. The number of nitrogens with two attached hydrogens (primary N) is 1. The summed E-state index contributed by atoms with van der Waals surface area (Å²) in [6.45, 7) is 3.76. The van der Waals surface area contributed by atoms with Crippen molar-refractivity contribution in [3.05, 3.63) is 29.8 Å². The van der Waals surface area contributed by atoms with E-state index in [-0.39, 0.29) is 11.9 Å². The Balaban J connectivity index is 2.10. The molecule has 0 spiro atoms. The number of carbonyl (C=O) groups excluding carboxylic acids is 1. The van der Waals surface area contributed by atoms with Gasteiger partial charge < -0.3 is 15.4 Å². The highest BCUT2D eigenvalue weighted by Gasteiger charge is 2.23. The van der Waals surface area contributed by atoms with E-state index in [9.17, 15) is 4.79 Å². The van der Waals surface area contributed by atoms with Gasteiger partial charge in [-0.1, -0.05) is 31.5 Å². The van der Waals surface area contributed by atoms with Crippen molar-refractivity contribution >= 4 is 5.91 Å². The predicted molar refractivity (Wildman–Crippen MR) is 70.2 cm³/mol. The molecule has 1 aromatic carbocycles. The maximum atomic E-state index is 12.2. The summed E-state index contributed by atoms with van der Waals surface area (Å²) >= 11 is 0. The van der Waals surface area contributed by atoms with E-state index < -0.39 is 0 Å². The Morgan fingerprint density at radius 2 is 2.28 bits per heavy atom. The molecule has 0 bridgehead atoms. The summed E-state index contributed by atoms with van der Waals surface area (Å²) in [5, 5.41) is 0. The first kappa shape index (κ1) is 12.9. The lowest BCUT2D eigenvalue weighted by atomic mass is 10.1. The topological polar surface area (TPSA) is 55.6 Å². The summed E-state index contributed by atoms with van der Waals surface area (Å²) in [5.74, 6) is 0.897. The summed E-state index contributed by atoms with van der Waals surface area (Å²) in [5.41, 5.74) is 6.95. The summed E-state index contributed by atoms with van der Waals surface area (Å²) in [6.07, 6.45) is 1.66. The Kier molecular flexibility index (Phi) is 4.20. The number of nitrogens with zero attached hydrogens (tertiary/aromatic N) is 1. The van der Waals surface area contributed by atoms with Gasteiger partial charge in [0.2, 0.25) is 5.91 Å². The van der Waals surface area contributed by atoms with Crippen LogP contribution in [-0.4, -0.2) is 30.0 Å². The molecule has 4 nitrogen and oxygen atoms in total. The van der Waals surface area contributed by atoms with E-state index in [2.05, 4.69) is 0 Å². The summed E-state index contributed by atoms with van der Waals surface area (Å²) < 4.78 is 5.63. The maximum Gasteiger partial charge on any atom is 0.239 e. The van der Waals surface area contributed by atoms with E-state index >= 15 is 0 Å². The molecule has 2 N–H and O–H groups in total. The van der Waals surface area contributed by atoms with Crippen molar-refractivity contribution in [3.63, 3.8) is 0 Å². The predicted octanol–water partition coefficient (Wildman–Crippen LogP) is 1.53. The van der Waals surface area contributed by atoms with Crippen LogP contribution >= 0.6 is 0 Å². The minimum absolute atomic E-state index is 0.0251. The number of hydrogen-bond acceptors (Lipinski definition) is 3. The van der Waals surface area contributed by atoms with Gasteiger partial charge in [0.25, 0.3) is 0 Å². The van der Waals surface area contributed by atoms with Crippen molar-refractivity contribution in [1.82, 2.24) is 4.90 Å². The normalized spacial score (nSPS) is 16.4. The lowest BCUT2D eigenvalue weighted by Crippen LogP contribution is -2.44. The number of amides is 1. The zero-order chi connectivity index (χ0) is 13.0. The van der Waals surface area contributed by atoms with Gasteiger partial charge in [-0.3, -0.25) is 4.79 Å². The molecule has 0 fully saturated rings. The van der Waals surface area contributed by atoms with Gasteiger partial charge in [0.1, 0.15) is 12.4 Å². The second kappa shape index (κ2) is 5.87. The number of benzene rings is 1. The molecule has 98 valence electrons. The lowest BCUT2D eigenvalue weighted by Gasteiger charge is -2.23. The molecule has 1 aromatic rings. The Morgan fingerprint density at radius 1 is 1.50 bits per heavy atom. The fourth-order valence-electron chi connectivity index (χ4n) is 2.18. The van der Waals surface area contributed by atoms with Crippen molar-refractivity contribution in [2.75, 3.05) is 13.2 Å². The van der Waals surface area contributed by atoms with Crippen LogP contribution in [0.5, 0.6) is 5.75 Å². The lowest BCUT2D eigenvalue weighted by molar-refractivity contribution is -0.133. The van der Waals surface area contributed by atoms with Crippen molar-refractivity contribution in [2.45, 2.75) is 32.4 Å². The standard InChI is InChI=1S/C14H20N2O2/c1-2-5-12(15)14(17)16-8-9-18-13-7-4-3-6-11(13)10-16/h3-4,6-7,12H,2,5,8-10,15H2,1H3/t12-/m1/s1. The first-order valence-electron chi connectivity index (χ1n) is 6.47. The summed E-state index contributed by atoms with van der Waals surface area (Å²) in [6, 6.07) is 7.45. The minimum Gasteiger partial charge on any atom is -0.491 e. The van der Waals surface area contributed by atoms with Crippen LogP contribution < -0.4 is 10.5 Å². The average molecular weight is 248 g/mol. The molecular weight excluding hydrogens is 228 g/mol. The number of hydrogen-bond donors (Lipinski definition) is 1. The molecule has 2 rings (SSSR count). The first-order valence-corrected chi connectivity index (χ1v) is 6.47. The van der Waals surface area contributed by atoms with Crippen LogP contribution in [0.25, 0.3) is 0 Å². The van der Waals surface area contributed by atoms with E-state index in [1.807, 2.05) is 31.2 Å². The third kappa shape index (κ3) is 2.82. The average Bonchev–Trinajstić information content (AvgIpc) is 2.60. The maximum absolute atomic E-state index is 12.2. The number of carbonyl (C=O) groups is 1. The Bertz CT molecular complexity index is 420. The van der Waals surface area contributed by atoms with Crippen LogP contribution in [0.3, 0.4) is 0 Å². The molecule has 0 aromatic heterocycles. The van der Waals surface area contributed by atoms with Crippen molar-refractivity contribution in [3.8, 4) is 5.75 Å². The second-order valence-corrected chi connectivity index (χ2v) is 4.61. The third-order valence-electron chi connectivity index (χ3n) is 3.18. The molecule has 0 saturated carbocycles. The zero-order valence-corrected chi connectivity index (χ0v) is 10.8. The van der Waals surface area contributed by atoms with Crippen LogP contribution in [-0.2, 0) is 11.3 Å². The fraction of sp³-hybridized carbons (Fsp3) is 0.500. The number of rotatable bonds is 3. The monoisotopic (exact) mass is 248 g/mol. The third-order valence-corrected chi connectivity index (χ3v) is 3.18. The van der Waals surface area contributed by atoms with Gasteiger partial charge in [0, 0.05) is 12.1 Å². The van der Waals surface area contributed by atoms with Gasteiger partial charge in [0.15, 0.2) is 0 Å². The van der Waals surface area contributed by atoms with Gasteiger partial charge >= 0.3 is 0 Å². The van der Waals surface area contributed by atoms with Crippen LogP contribution in [0.4, 0.5) is 0 Å². The minimum atomic E-state index is -0.389. The van der Waals surface area contributed by atoms with Gasteiger partial charge in [-0.25, -0.2) is 0 Å². The van der Waals surface area contributed by atoms with Crippen LogP contribution in [0.2, 0.25) is 0 Å². The highest BCUT2D eigenvalue weighted by Crippen LogP contribution is 2.22. The quantitative estimate of drug-likeness (QED) is 0.882. The molecule has 1 atom stereocenters. The van der Waals surface area contributed by atoms with E-state index in [0.717, 1.165) is 24.2 Å². The van der Waals surface area contributed by atoms with E-state index in [4.69, 9.17) is 10.5 Å². The van der Waals surface area contributed by atoms with E-state index in [0.29, 0.717) is 19.7 Å². The molecule has 1 aliphatic rings. The molecule has 4 heteroatoms. The Hall–Kier alpha value is -1.55. The molecule has 0 radical (unpaired) electrons. The molecular formula is C14H20N2O2. The van der Waals surface area contributed by atoms with E-state index in [1.165, 1.54) is 0 Å². The Morgan fingerprint density at radius 3 is 3.06 bits per heavy atom. The smallest absolute Gasteiger partial charge is 0.239 e. The largest absolute Gasteiger partial charge is 0.491 e. The van der Waals surface area contributed by atoms with Gasteiger partial charge in [-0.05, 0) is 12.5 Å². The van der Waals surface area contributed by atoms with Crippen LogP contribution in [0.1, 0.15) is 25.3 Å². The van der Waals surface area contributed by atoms with Gasteiger partial charge in [0.05, 0.1) is 12.6 Å². The van der Waals surface area contributed by atoms with E-state index in [1.54, 1.807) is 4.90 Å². The SMILES string of the molecule is CCC[C@@H](N)C(=O)N1CCOc2ccccc2C1. The summed E-state index contributed by atoms with van der Waals surface area (Å²) in [7, 11) is 0. The first-order chi connectivity index (χ1) is 8.72. The highest BCUT2D eigenvalue weighted by molar-refractivity contribution is 5.81. The van der Waals surface area contributed by atoms with Gasteiger partial charge in [-0.15, -0.1) is 0 Å². The van der Waals surface area contributed by atoms with Crippen LogP contribution in [0.15, 0.2) is 24.3 Å².